The smallest absolute Gasteiger partial charge is 0.0287 e. The minimum Gasteiger partial charge on any atom is -0.300 e. The van der Waals surface area contributed by atoms with Crippen molar-refractivity contribution in [2.45, 2.75) is 76.9 Å². The summed E-state index contributed by atoms with van der Waals surface area (Å²) in [6.07, 6.45) is 6.88. The summed E-state index contributed by atoms with van der Waals surface area (Å²) < 4.78 is 1.23. The molecule has 3 heteroatoms. The number of alkyl halides is 1. The first-order valence-electron chi connectivity index (χ1n) is 8.36. The van der Waals surface area contributed by atoms with Gasteiger partial charge in [0.2, 0.25) is 0 Å². The van der Waals surface area contributed by atoms with Crippen LogP contribution in [0.3, 0.4) is 0 Å². The van der Waals surface area contributed by atoms with Gasteiger partial charge in [0.15, 0.2) is 0 Å². The molecule has 2 fully saturated rings. The average molecular weight is 392 g/mol. The fourth-order valence-electron chi connectivity index (χ4n) is 4.29. The summed E-state index contributed by atoms with van der Waals surface area (Å²) >= 11 is 2.59. The van der Waals surface area contributed by atoms with E-state index in [2.05, 4.69) is 67.1 Å². The monoisotopic (exact) mass is 392 g/mol. The van der Waals surface area contributed by atoms with E-state index in [-0.39, 0.29) is 0 Å². The Bertz CT molecular complexity index is 323. The highest BCUT2D eigenvalue weighted by Crippen LogP contribution is 2.41. The molecule has 0 saturated carbocycles. The van der Waals surface area contributed by atoms with Gasteiger partial charge in [-0.25, -0.2) is 0 Å². The molecule has 2 saturated heterocycles. The van der Waals surface area contributed by atoms with E-state index >= 15 is 0 Å². The van der Waals surface area contributed by atoms with Crippen molar-refractivity contribution in [3.63, 3.8) is 0 Å². The van der Waals surface area contributed by atoms with E-state index in [1.807, 2.05) is 0 Å². The van der Waals surface area contributed by atoms with Crippen molar-refractivity contribution in [2.75, 3.05) is 24.6 Å². The molecule has 2 aliphatic heterocycles. The maximum absolute atomic E-state index is 2.81. The lowest BCUT2D eigenvalue weighted by Crippen LogP contribution is -2.65. The lowest BCUT2D eigenvalue weighted by Gasteiger charge is -2.57. The summed E-state index contributed by atoms with van der Waals surface area (Å²) in [6, 6.07) is 0.791. The molecule has 20 heavy (non-hydrogen) atoms. The third kappa shape index (κ3) is 3.35. The molecule has 2 aliphatic rings. The summed E-state index contributed by atoms with van der Waals surface area (Å²) in [6.45, 7) is 12.4. The Kier molecular flexibility index (Phi) is 5.45. The number of hydrogen-bond donors (Lipinski definition) is 0. The van der Waals surface area contributed by atoms with Crippen LogP contribution in [0, 0.1) is 5.92 Å². The third-order valence-corrected chi connectivity index (χ3v) is 7.80. The van der Waals surface area contributed by atoms with Gasteiger partial charge in [-0.15, -0.1) is 0 Å². The maximum Gasteiger partial charge on any atom is 0.0287 e. The summed E-state index contributed by atoms with van der Waals surface area (Å²) in [5.74, 6) is 0.987. The van der Waals surface area contributed by atoms with Crippen molar-refractivity contribution < 1.29 is 0 Å². The zero-order valence-corrected chi connectivity index (χ0v) is 16.2. The number of hydrogen-bond acceptors (Lipinski definition) is 2. The highest BCUT2D eigenvalue weighted by atomic mass is 127. The highest BCUT2D eigenvalue weighted by Gasteiger charge is 2.46. The van der Waals surface area contributed by atoms with Crippen molar-refractivity contribution in [3.05, 3.63) is 0 Å². The number of nitrogens with zero attached hydrogens (tertiary/aromatic N) is 2. The van der Waals surface area contributed by atoms with Gasteiger partial charge in [-0.2, -0.15) is 0 Å². The molecular weight excluding hydrogens is 359 g/mol. The van der Waals surface area contributed by atoms with Gasteiger partial charge in [0.25, 0.3) is 0 Å². The normalized spacial score (nSPS) is 37.2. The Morgan fingerprint density at radius 1 is 1.10 bits per heavy atom. The molecule has 0 N–H and O–H groups in total. The summed E-state index contributed by atoms with van der Waals surface area (Å²) in [4.78, 5) is 5.45. The standard InChI is InChI=1S/C17H33IN2/c1-6-14-7-9-20(10-8-14)15-11-16(2,3)19(5)17(4,12-15)13-18/h14-15H,6-13H2,1-5H3. The van der Waals surface area contributed by atoms with Crippen LogP contribution >= 0.6 is 22.6 Å². The molecule has 2 unspecified atom stereocenters. The van der Waals surface area contributed by atoms with Crippen molar-refractivity contribution in [2.24, 2.45) is 5.92 Å². The van der Waals surface area contributed by atoms with E-state index < -0.39 is 0 Å². The zero-order chi connectivity index (χ0) is 15.0. The average Bonchev–Trinajstić information content (AvgIpc) is 2.44. The Morgan fingerprint density at radius 3 is 2.20 bits per heavy atom. The molecule has 0 aromatic rings. The quantitative estimate of drug-likeness (QED) is 0.525. The first-order chi connectivity index (χ1) is 9.32. The van der Waals surface area contributed by atoms with Gasteiger partial charge in [-0.05, 0) is 72.5 Å². The third-order valence-electron chi connectivity index (χ3n) is 6.16. The second-order valence-corrected chi connectivity index (χ2v) is 8.71. The lowest BCUT2D eigenvalue weighted by atomic mass is 9.76. The Hall–Kier alpha value is 0.650. The largest absolute Gasteiger partial charge is 0.300 e. The van der Waals surface area contributed by atoms with Gasteiger partial charge in [-0.1, -0.05) is 35.9 Å². The fourth-order valence-corrected chi connectivity index (χ4v) is 5.11. The Morgan fingerprint density at radius 2 is 1.70 bits per heavy atom. The number of rotatable bonds is 3. The molecule has 118 valence electrons. The molecule has 2 nitrogen and oxygen atoms in total. The van der Waals surface area contributed by atoms with Gasteiger partial charge in [0.05, 0.1) is 0 Å². The van der Waals surface area contributed by atoms with Crippen molar-refractivity contribution >= 4 is 22.6 Å². The Balaban J connectivity index is 2.06. The molecule has 2 rings (SSSR count). The van der Waals surface area contributed by atoms with E-state index in [0.29, 0.717) is 11.1 Å². The Labute approximate surface area is 139 Å². The van der Waals surface area contributed by atoms with Gasteiger partial charge < -0.3 is 4.90 Å². The molecule has 0 aromatic carbocycles. The van der Waals surface area contributed by atoms with Crippen LogP contribution in [-0.4, -0.2) is 51.5 Å². The van der Waals surface area contributed by atoms with Crippen molar-refractivity contribution in [3.8, 4) is 0 Å². The number of likely N-dealkylation sites (tertiary alicyclic amines) is 2. The van der Waals surface area contributed by atoms with Crippen LogP contribution in [-0.2, 0) is 0 Å². The minimum atomic E-state index is 0.324. The number of piperidine rings is 2. The van der Waals surface area contributed by atoms with Crippen LogP contribution in [0.25, 0.3) is 0 Å². The minimum absolute atomic E-state index is 0.324. The van der Waals surface area contributed by atoms with Crippen LogP contribution in [0.4, 0.5) is 0 Å². The van der Waals surface area contributed by atoms with E-state index in [1.54, 1.807) is 0 Å². The molecule has 0 aliphatic carbocycles. The number of halogens is 1. The lowest BCUT2D eigenvalue weighted by molar-refractivity contribution is -0.0499. The molecule has 0 aromatic heterocycles. The second kappa shape index (κ2) is 6.41. The van der Waals surface area contributed by atoms with E-state index in [0.717, 1.165) is 12.0 Å². The van der Waals surface area contributed by atoms with Crippen LogP contribution in [0.2, 0.25) is 0 Å². The summed E-state index contributed by atoms with van der Waals surface area (Å²) in [5.41, 5.74) is 0.680. The molecule has 0 bridgehead atoms. The van der Waals surface area contributed by atoms with Crippen LogP contribution in [0.1, 0.15) is 59.8 Å². The van der Waals surface area contributed by atoms with Crippen molar-refractivity contribution in [1.29, 1.82) is 0 Å². The molecule has 2 heterocycles. The predicted molar refractivity (Wildman–Crippen MR) is 96.7 cm³/mol. The van der Waals surface area contributed by atoms with E-state index in [1.165, 1.54) is 49.6 Å². The molecule has 0 amide bonds. The van der Waals surface area contributed by atoms with Gasteiger partial charge in [0.1, 0.15) is 0 Å². The molecule has 2 atom stereocenters. The zero-order valence-electron chi connectivity index (χ0n) is 14.1. The first-order valence-corrected chi connectivity index (χ1v) is 9.89. The molecule has 0 radical (unpaired) electrons. The van der Waals surface area contributed by atoms with E-state index in [4.69, 9.17) is 0 Å². The first kappa shape index (κ1) is 17.0. The molecular formula is C17H33IN2. The van der Waals surface area contributed by atoms with Crippen LogP contribution < -0.4 is 0 Å². The van der Waals surface area contributed by atoms with Crippen LogP contribution in [0.5, 0.6) is 0 Å². The van der Waals surface area contributed by atoms with Crippen LogP contribution in [0.15, 0.2) is 0 Å². The van der Waals surface area contributed by atoms with E-state index in [9.17, 15) is 0 Å². The summed E-state index contributed by atoms with van der Waals surface area (Å²) in [7, 11) is 2.33. The van der Waals surface area contributed by atoms with Gasteiger partial charge in [-0.3, -0.25) is 4.90 Å². The predicted octanol–water partition coefficient (Wildman–Crippen LogP) is 4.17. The highest BCUT2D eigenvalue weighted by molar-refractivity contribution is 14.1. The maximum atomic E-state index is 2.81. The topological polar surface area (TPSA) is 6.48 Å². The summed E-state index contributed by atoms with van der Waals surface area (Å²) in [5, 5.41) is 0. The fraction of sp³-hybridized carbons (Fsp3) is 1.00. The molecule has 0 spiro atoms. The van der Waals surface area contributed by atoms with Gasteiger partial charge >= 0.3 is 0 Å². The second-order valence-electron chi connectivity index (χ2n) is 7.95. The van der Waals surface area contributed by atoms with Crippen molar-refractivity contribution in [1.82, 2.24) is 9.80 Å². The van der Waals surface area contributed by atoms with Gasteiger partial charge in [0, 0.05) is 21.5 Å². The SMILES string of the molecule is CCC1CCN(C2CC(C)(C)N(C)C(C)(CI)C2)CC1.